The maximum absolute atomic E-state index is 12.8. The van der Waals surface area contributed by atoms with E-state index in [9.17, 15) is 4.79 Å². The van der Waals surface area contributed by atoms with Crippen molar-refractivity contribution in [1.29, 1.82) is 0 Å². The lowest BCUT2D eigenvalue weighted by Gasteiger charge is -2.17. The number of hydrogen-bond donors (Lipinski definition) is 1. The third kappa shape index (κ3) is 4.24. The van der Waals surface area contributed by atoms with Crippen molar-refractivity contribution in [3.8, 4) is 0 Å². The zero-order chi connectivity index (χ0) is 16.8. The van der Waals surface area contributed by atoms with Crippen molar-refractivity contribution in [1.82, 2.24) is 4.98 Å². The van der Waals surface area contributed by atoms with Crippen LogP contribution in [0.2, 0.25) is 0 Å². The van der Waals surface area contributed by atoms with Crippen molar-refractivity contribution < 1.29 is 4.79 Å². The summed E-state index contributed by atoms with van der Waals surface area (Å²) >= 11 is 1.53. The van der Waals surface area contributed by atoms with Crippen LogP contribution in [0.3, 0.4) is 0 Å². The molecule has 0 aliphatic heterocycles. The number of thioether (sulfide) groups is 1. The zero-order valence-corrected chi connectivity index (χ0v) is 14.2. The third-order valence-corrected chi connectivity index (χ3v) is 4.77. The first-order valence-electron chi connectivity index (χ1n) is 7.72. The van der Waals surface area contributed by atoms with Gasteiger partial charge in [0.05, 0.1) is 0 Å². The van der Waals surface area contributed by atoms with Crippen molar-refractivity contribution >= 4 is 23.5 Å². The summed E-state index contributed by atoms with van der Waals surface area (Å²) in [4.78, 5) is 18.1. The average molecular weight is 334 g/mol. The molecular weight excluding hydrogens is 316 g/mol. The molecule has 3 rings (SSSR count). The lowest BCUT2D eigenvalue weighted by molar-refractivity contribution is -0.115. The molecule has 0 spiro atoms. The number of carbonyl (C=O) groups is 1. The second-order valence-corrected chi connectivity index (χ2v) is 6.61. The molecule has 2 aromatic carbocycles. The van der Waals surface area contributed by atoms with Crippen molar-refractivity contribution in [2.45, 2.75) is 17.1 Å². The van der Waals surface area contributed by atoms with Crippen LogP contribution in [0.4, 0.5) is 5.82 Å². The number of carbonyl (C=O) groups excluding carboxylic acids is 1. The Morgan fingerprint density at radius 2 is 1.62 bits per heavy atom. The molecule has 0 saturated heterocycles. The first-order chi connectivity index (χ1) is 11.7. The highest BCUT2D eigenvalue weighted by Gasteiger charge is 2.22. The number of hydrogen-bond acceptors (Lipinski definition) is 3. The fourth-order valence-electron chi connectivity index (χ4n) is 2.27. The molecule has 0 aliphatic rings. The molecule has 0 bridgehead atoms. The molecule has 1 heterocycles. The van der Waals surface area contributed by atoms with E-state index in [1.165, 1.54) is 11.8 Å². The van der Waals surface area contributed by atoms with E-state index in [0.717, 1.165) is 16.0 Å². The number of aromatic nitrogens is 1. The normalized spacial score (nSPS) is 11.7. The molecule has 0 saturated carbocycles. The minimum absolute atomic E-state index is 0.0774. The molecule has 1 amide bonds. The number of rotatable bonds is 5. The largest absolute Gasteiger partial charge is 0.309 e. The van der Waals surface area contributed by atoms with Gasteiger partial charge in [0.2, 0.25) is 5.91 Å². The van der Waals surface area contributed by atoms with Crippen molar-refractivity contribution in [2.24, 2.45) is 0 Å². The van der Waals surface area contributed by atoms with Crippen LogP contribution in [-0.4, -0.2) is 10.9 Å². The van der Waals surface area contributed by atoms with Crippen molar-refractivity contribution in [3.05, 3.63) is 90.1 Å². The molecule has 0 fully saturated rings. The highest BCUT2D eigenvalue weighted by atomic mass is 32.2. The molecule has 1 N–H and O–H groups in total. The van der Waals surface area contributed by atoms with Gasteiger partial charge >= 0.3 is 0 Å². The first kappa shape index (κ1) is 16.3. The minimum atomic E-state index is -0.336. The number of nitrogens with one attached hydrogen (secondary N) is 1. The topological polar surface area (TPSA) is 42.0 Å². The Morgan fingerprint density at radius 1 is 0.958 bits per heavy atom. The van der Waals surface area contributed by atoms with E-state index in [0.29, 0.717) is 5.82 Å². The smallest absolute Gasteiger partial charge is 0.243 e. The molecule has 1 unspecified atom stereocenters. The van der Waals surface area contributed by atoms with Crippen LogP contribution in [0.15, 0.2) is 83.9 Å². The second-order valence-electron chi connectivity index (χ2n) is 5.43. The van der Waals surface area contributed by atoms with Gasteiger partial charge in [0, 0.05) is 11.1 Å². The highest BCUT2D eigenvalue weighted by Crippen LogP contribution is 2.35. The third-order valence-electron chi connectivity index (χ3n) is 3.50. The molecule has 120 valence electrons. The monoisotopic (exact) mass is 334 g/mol. The maximum atomic E-state index is 12.8. The Bertz CT molecular complexity index is 789. The molecule has 24 heavy (non-hydrogen) atoms. The van der Waals surface area contributed by atoms with E-state index < -0.39 is 0 Å². The number of pyridine rings is 1. The number of nitrogens with zero attached hydrogens (tertiary/aromatic N) is 1. The quantitative estimate of drug-likeness (QED) is 0.677. The Balaban J connectivity index is 1.83. The molecular formula is C20H18N2OS. The number of aryl methyl sites for hydroxylation is 1. The molecule has 1 atom stereocenters. The standard InChI is InChI=1S/C20H18N2OS/c1-15-12-13-18(21-14-15)22-20(23)19(16-8-4-2-5-9-16)24-17-10-6-3-7-11-17/h2-14,19H,1H3,(H,21,22,23). The van der Waals surface area contributed by atoms with Crippen molar-refractivity contribution in [3.63, 3.8) is 0 Å². The summed E-state index contributed by atoms with van der Waals surface area (Å²) in [5, 5.41) is 2.58. The average Bonchev–Trinajstić information content (AvgIpc) is 2.63. The van der Waals surface area contributed by atoms with Gasteiger partial charge in [-0.25, -0.2) is 4.98 Å². The molecule has 3 nitrogen and oxygen atoms in total. The molecule has 0 aliphatic carbocycles. The molecule has 4 heteroatoms. The van der Waals surface area contributed by atoms with Crippen LogP contribution < -0.4 is 5.32 Å². The first-order valence-corrected chi connectivity index (χ1v) is 8.60. The van der Waals surface area contributed by atoms with Crippen LogP contribution in [0.25, 0.3) is 0 Å². The lowest BCUT2D eigenvalue weighted by Crippen LogP contribution is -2.19. The Labute approximate surface area is 146 Å². The molecule has 3 aromatic rings. The molecule has 1 aromatic heterocycles. The van der Waals surface area contributed by atoms with E-state index in [2.05, 4.69) is 10.3 Å². The number of benzene rings is 2. The second kappa shape index (κ2) is 7.79. The summed E-state index contributed by atoms with van der Waals surface area (Å²) in [6.45, 7) is 1.97. The predicted molar refractivity (Wildman–Crippen MR) is 99.1 cm³/mol. The van der Waals surface area contributed by atoms with Gasteiger partial charge in [-0.2, -0.15) is 0 Å². The maximum Gasteiger partial charge on any atom is 0.243 e. The van der Waals surface area contributed by atoms with E-state index in [1.54, 1.807) is 6.20 Å². The van der Waals surface area contributed by atoms with Crippen LogP contribution >= 0.6 is 11.8 Å². The SMILES string of the molecule is Cc1ccc(NC(=O)C(Sc2ccccc2)c2ccccc2)nc1. The Morgan fingerprint density at radius 3 is 2.25 bits per heavy atom. The zero-order valence-electron chi connectivity index (χ0n) is 13.3. The van der Waals surface area contributed by atoms with Crippen LogP contribution in [-0.2, 0) is 4.79 Å². The lowest BCUT2D eigenvalue weighted by atomic mass is 10.1. The highest BCUT2D eigenvalue weighted by molar-refractivity contribution is 8.00. The summed E-state index contributed by atoms with van der Waals surface area (Å²) in [6, 6.07) is 23.5. The number of anilines is 1. The van der Waals surface area contributed by atoms with Crippen molar-refractivity contribution in [2.75, 3.05) is 5.32 Å². The Hall–Kier alpha value is -2.59. The van der Waals surface area contributed by atoms with Crippen LogP contribution in [0, 0.1) is 6.92 Å². The van der Waals surface area contributed by atoms with E-state index in [-0.39, 0.29) is 11.2 Å². The number of amides is 1. The summed E-state index contributed by atoms with van der Waals surface area (Å²) in [5.74, 6) is 0.492. The van der Waals surface area contributed by atoms with Gasteiger partial charge < -0.3 is 5.32 Å². The van der Waals surface area contributed by atoms with Crippen LogP contribution in [0.1, 0.15) is 16.4 Å². The van der Waals surface area contributed by atoms with Gasteiger partial charge in [0.1, 0.15) is 11.1 Å². The summed E-state index contributed by atoms with van der Waals surface area (Å²) in [5.41, 5.74) is 2.03. The molecule has 0 radical (unpaired) electrons. The fourth-order valence-corrected chi connectivity index (χ4v) is 3.32. The van der Waals surface area contributed by atoms with Gasteiger partial charge in [-0.3, -0.25) is 4.79 Å². The Kier molecular flexibility index (Phi) is 5.29. The predicted octanol–water partition coefficient (Wildman–Crippen LogP) is 4.86. The van der Waals surface area contributed by atoms with Gasteiger partial charge in [-0.05, 0) is 36.2 Å². The van der Waals surface area contributed by atoms with Gasteiger partial charge in [-0.15, -0.1) is 11.8 Å². The van der Waals surface area contributed by atoms with E-state index in [1.807, 2.05) is 79.7 Å². The summed E-state index contributed by atoms with van der Waals surface area (Å²) < 4.78 is 0. The van der Waals surface area contributed by atoms with Crippen LogP contribution in [0.5, 0.6) is 0 Å². The fraction of sp³-hybridized carbons (Fsp3) is 0.100. The van der Waals surface area contributed by atoms with Gasteiger partial charge in [0.25, 0.3) is 0 Å². The van der Waals surface area contributed by atoms with E-state index in [4.69, 9.17) is 0 Å². The summed E-state index contributed by atoms with van der Waals surface area (Å²) in [7, 11) is 0. The van der Waals surface area contributed by atoms with Gasteiger partial charge in [0.15, 0.2) is 0 Å². The minimum Gasteiger partial charge on any atom is -0.309 e. The van der Waals surface area contributed by atoms with Gasteiger partial charge in [-0.1, -0.05) is 54.6 Å². The summed E-state index contributed by atoms with van der Waals surface area (Å²) in [6.07, 6.45) is 1.75. The van der Waals surface area contributed by atoms with E-state index >= 15 is 0 Å².